The molecule has 0 aliphatic heterocycles. The summed E-state index contributed by atoms with van der Waals surface area (Å²) >= 11 is 3.30. The largest absolute Gasteiger partial charge is 0.370 e. The molecule has 2 atom stereocenters. The molecule has 0 saturated carbocycles. The van der Waals surface area contributed by atoms with E-state index in [1.807, 2.05) is 13.8 Å². The highest BCUT2D eigenvalue weighted by Gasteiger charge is 2.14. The normalized spacial score (nSPS) is 14.4. The van der Waals surface area contributed by atoms with Crippen molar-refractivity contribution in [2.75, 3.05) is 0 Å². The Balaban J connectivity index is 2.72. The Hall–Kier alpha value is -0.940. The van der Waals surface area contributed by atoms with Gasteiger partial charge in [0.2, 0.25) is 5.91 Å². The van der Waals surface area contributed by atoms with Crippen LogP contribution in [0.25, 0.3) is 0 Å². The van der Waals surface area contributed by atoms with Crippen molar-refractivity contribution in [3.05, 3.63) is 34.1 Å². The van der Waals surface area contributed by atoms with Crippen molar-refractivity contribution in [1.29, 1.82) is 0 Å². The van der Waals surface area contributed by atoms with Crippen molar-refractivity contribution in [3.8, 4) is 0 Å². The van der Waals surface area contributed by atoms with Crippen LogP contribution in [0.3, 0.4) is 0 Å². The molecule has 1 rings (SSSR count). The Morgan fingerprint density at radius 2 is 2.18 bits per heavy atom. The molecule has 0 radical (unpaired) electrons. The van der Waals surface area contributed by atoms with Gasteiger partial charge in [-0.05, 0) is 32.0 Å². The zero-order valence-electron chi connectivity index (χ0n) is 9.84. The first kappa shape index (κ1) is 14.1. The highest BCUT2D eigenvalue weighted by molar-refractivity contribution is 9.10. The van der Waals surface area contributed by atoms with Gasteiger partial charge in [-0.3, -0.25) is 4.79 Å². The molecule has 0 heterocycles. The van der Waals surface area contributed by atoms with E-state index in [4.69, 9.17) is 5.73 Å². The molecular weight excluding hydrogens is 287 g/mol. The summed E-state index contributed by atoms with van der Waals surface area (Å²) in [5.41, 5.74) is 5.67. The minimum Gasteiger partial charge on any atom is -0.370 e. The quantitative estimate of drug-likeness (QED) is 0.878. The summed E-state index contributed by atoms with van der Waals surface area (Å²) < 4.78 is 14.4. The van der Waals surface area contributed by atoms with Crippen LogP contribution in [0.2, 0.25) is 0 Å². The average molecular weight is 303 g/mol. The first-order chi connectivity index (χ1) is 7.90. The predicted octanol–water partition coefficient (Wildman–Crippen LogP) is 2.50. The maximum absolute atomic E-state index is 13.6. The Bertz CT molecular complexity index is 411. The molecule has 0 aliphatic carbocycles. The Labute approximate surface area is 109 Å². The van der Waals surface area contributed by atoms with Crippen LogP contribution >= 0.6 is 15.9 Å². The lowest BCUT2D eigenvalue weighted by atomic mass is 10.1. The fourth-order valence-corrected chi connectivity index (χ4v) is 2.10. The first-order valence-corrected chi connectivity index (χ1v) is 6.18. The number of hydrogen-bond acceptors (Lipinski definition) is 2. The number of carbonyl (C=O) groups is 1. The van der Waals surface area contributed by atoms with E-state index in [0.29, 0.717) is 5.56 Å². The van der Waals surface area contributed by atoms with Crippen molar-refractivity contribution in [2.24, 2.45) is 5.73 Å². The number of benzene rings is 1. The van der Waals surface area contributed by atoms with Crippen LogP contribution in [-0.2, 0) is 4.79 Å². The minimum absolute atomic E-state index is 0.0825. The van der Waals surface area contributed by atoms with Crippen molar-refractivity contribution < 1.29 is 9.18 Å². The summed E-state index contributed by atoms with van der Waals surface area (Å²) in [4.78, 5) is 10.7. The van der Waals surface area contributed by atoms with Gasteiger partial charge >= 0.3 is 0 Å². The van der Waals surface area contributed by atoms with Crippen LogP contribution in [0.1, 0.15) is 31.9 Å². The van der Waals surface area contributed by atoms with Gasteiger partial charge < -0.3 is 11.1 Å². The lowest BCUT2D eigenvalue weighted by Gasteiger charge is -2.20. The topological polar surface area (TPSA) is 55.1 Å². The van der Waals surface area contributed by atoms with Gasteiger partial charge in [-0.1, -0.05) is 15.9 Å². The van der Waals surface area contributed by atoms with E-state index in [-0.39, 0.29) is 30.2 Å². The van der Waals surface area contributed by atoms with Crippen molar-refractivity contribution in [2.45, 2.75) is 32.4 Å². The maximum atomic E-state index is 13.6. The van der Waals surface area contributed by atoms with Crippen LogP contribution in [0.5, 0.6) is 0 Å². The fourth-order valence-electron chi connectivity index (χ4n) is 1.72. The van der Waals surface area contributed by atoms with Gasteiger partial charge in [-0.25, -0.2) is 4.39 Å². The van der Waals surface area contributed by atoms with Gasteiger partial charge in [-0.2, -0.15) is 0 Å². The van der Waals surface area contributed by atoms with E-state index in [9.17, 15) is 9.18 Å². The molecule has 3 nitrogen and oxygen atoms in total. The summed E-state index contributed by atoms with van der Waals surface area (Å²) in [5.74, 6) is -0.633. The number of nitrogens with two attached hydrogens (primary N) is 1. The van der Waals surface area contributed by atoms with Gasteiger partial charge in [0.25, 0.3) is 0 Å². The van der Waals surface area contributed by atoms with E-state index >= 15 is 0 Å². The number of carbonyl (C=O) groups excluding carboxylic acids is 1. The molecule has 0 aliphatic rings. The molecule has 2 unspecified atom stereocenters. The zero-order valence-corrected chi connectivity index (χ0v) is 11.4. The van der Waals surface area contributed by atoms with Crippen LogP contribution in [0, 0.1) is 5.82 Å². The van der Waals surface area contributed by atoms with Crippen molar-refractivity contribution >= 4 is 21.8 Å². The van der Waals surface area contributed by atoms with Gasteiger partial charge in [0, 0.05) is 28.5 Å². The second-order valence-corrected chi connectivity index (χ2v) is 5.04. The third kappa shape index (κ3) is 4.44. The number of halogens is 2. The minimum atomic E-state index is -0.369. The van der Waals surface area contributed by atoms with Gasteiger partial charge in [-0.15, -0.1) is 0 Å². The van der Waals surface area contributed by atoms with Gasteiger partial charge in [0.1, 0.15) is 5.82 Å². The molecule has 0 fully saturated rings. The molecule has 1 amide bonds. The monoisotopic (exact) mass is 302 g/mol. The van der Waals surface area contributed by atoms with Crippen molar-refractivity contribution in [1.82, 2.24) is 5.32 Å². The average Bonchev–Trinajstić information content (AvgIpc) is 2.20. The summed E-state index contributed by atoms with van der Waals surface area (Å²) in [7, 11) is 0. The van der Waals surface area contributed by atoms with Crippen LogP contribution in [0.4, 0.5) is 4.39 Å². The third-order valence-corrected chi connectivity index (χ3v) is 2.96. The molecule has 3 N–H and O–H groups in total. The van der Waals surface area contributed by atoms with E-state index in [2.05, 4.69) is 21.2 Å². The fraction of sp³-hybridized carbons (Fsp3) is 0.417. The second kappa shape index (κ2) is 6.12. The van der Waals surface area contributed by atoms with E-state index in [0.717, 1.165) is 4.47 Å². The molecule has 1 aromatic rings. The Morgan fingerprint density at radius 1 is 1.53 bits per heavy atom. The first-order valence-electron chi connectivity index (χ1n) is 5.39. The van der Waals surface area contributed by atoms with Crippen LogP contribution in [-0.4, -0.2) is 11.9 Å². The lowest BCUT2D eigenvalue weighted by molar-refractivity contribution is -0.118. The van der Waals surface area contributed by atoms with E-state index in [1.165, 1.54) is 6.07 Å². The van der Waals surface area contributed by atoms with Gasteiger partial charge in [0.05, 0.1) is 0 Å². The van der Waals surface area contributed by atoms with Gasteiger partial charge in [0.15, 0.2) is 0 Å². The number of primary amides is 1. The Kier molecular flexibility index (Phi) is 5.08. The summed E-state index contributed by atoms with van der Waals surface area (Å²) in [5, 5.41) is 3.13. The summed E-state index contributed by atoms with van der Waals surface area (Å²) in [6.45, 7) is 3.69. The SMILES string of the molecule is CC(CC(N)=O)NC(C)c1cc(Br)ccc1F. The second-order valence-electron chi connectivity index (χ2n) is 4.13. The highest BCUT2D eigenvalue weighted by atomic mass is 79.9. The number of nitrogens with one attached hydrogen (secondary N) is 1. The zero-order chi connectivity index (χ0) is 13.0. The molecule has 0 spiro atoms. The lowest BCUT2D eigenvalue weighted by Crippen LogP contribution is -2.33. The van der Waals surface area contributed by atoms with Crippen molar-refractivity contribution in [3.63, 3.8) is 0 Å². The van der Waals surface area contributed by atoms with E-state index < -0.39 is 0 Å². The van der Waals surface area contributed by atoms with E-state index in [1.54, 1.807) is 12.1 Å². The molecule has 0 saturated heterocycles. The third-order valence-electron chi connectivity index (χ3n) is 2.47. The Morgan fingerprint density at radius 3 is 2.76 bits per heavy atom. The molecule has 0 bridgehead atoms. The number of hydrogen-bond donors (Lipinski definition) is 2. The molecule has 0 aromatic heterocycles. The molecule has 17 heavy (non-hydrogen) atoms. The molecular formula is C12H16BrFN2O. The highest BCUT2D eigenvalue weighted by Crippen LogP contribution is 2.22. The molecule has 5 heteroatoms. The standard InChI is InChI=1S/C12H16BrFN2O/c1-7(5-12(15)17)16-8(2)10-6-9(13)3-4-11(10)14/h3-4,6-8,16H,5H2,1-2H3,(H2,15,17). The summed E-state index contributed by atoms with van der Waals surface area (Å²) in [6.07, 6.45) is 0.236. The van der Waals surface area contributed by atoms with Crippen LogP contribution in [0.15, 0.2) is 22.7 Å². The maximum Gasteiger partial charge on any atom is 0.218 e. The molecule has 94 valence electrons. The summed E-state index contributed by atoms with van der Waals surface area (Å²) in [6, 6.07) is 4.53. The number of amides is 1. The molecule has 1 aromatic carbocycles. The predicted molar refractivity (Wildman–Crippen MR) is 68.9 cm³/mol. The number of rotatable bonds is 5. The van der Waals surface area contributed by atoms with Crippen LogP contribution < -0.4 is 11.1 Å². The smallest absolute Gasteiger partial charge is 0.218 e.